The lowest BCUT2D eigenvalue weighted by Gasteiger charge is -2.17. The molecular weight excluding hydrogens is 220 g/mol. The third-order valence-corrected chi connectivity index (χ3v) is 3.60. The van der Waals surface area contributed by atoms with E-state index in [2.05, 4.69) is 0 Å². The normalized spacial score (nSPS) is 24.8. The molecule has 0 radical (unpaired) electrons. The maximum absolute atomic E-state index is 13.1. The van der Waals surface area contributed by atoms with Crippen LogP contribution >= 0.6 is 0 Å². The van der Waals surface area contributed by atoms with Crippen molar-refractivity contribution in [3.05, 3.63) is 35.4 Å². The molecule has 1 aromatic rings. The Morgan fingerprint density at radius 2 is 2.00 bits per heavy atom. The SMILES string of the molecule is Cc1ccc(C(N)CC2CCC(F)(F)C2)cc1. The van der Waals surface area contributed by atoms with Crippen molar-refractivity contribution in [1.82, 2.24) is 0 Å². The number of hydrogen-bond donors (Lipinski definition) is 1. The van der Waals surface area contributed by atoms with E-state index >= 15 is 0 Å². The summed E-state index contributed by atoms with van der Waals surface area (Å²) in [4.78, 5) is 0. The van der Waals surface area contributed by atoms with Gasteiger partial charge in [-0.25, -0.2) is 8.78 Å². The van der Waals surface area contributed by atoms with Gasteiger partial charge in [0.05, 0.1) is 0 Å². The Balaban J connectivity index is 1.93. The molecule has 1 nitrogen and oxygen atoms in total. The predicted octanol–water partition coefficient (Wildman–Crippen LogP) is 3.82. The van der Waals surface area contributed by atoms with E-state index in [1.54, 1.807) is 0 Å². The topological polar surface area (TPSA) is 26.0 Å². The highest BCUT2D eigenvalue weighted by Gasteiger charge is 2.39. The molecule has 0 spiro atoms. The van der Waals surface area contributed by atoms with Crippen LogP contribution in [0, 0.1) is 12.8 Å². The standard InChI is InChI=1S/C14H19F2N/c1-10-2-4-12(5-3-10)13(17)8-11-6-7-14(15,16)9-11/h2-5,11,13H,6-9,17H2,1H3. The lowest BCUT2D eigenvalue weighted by atomic mass is 9.94. The van der Waals surface area contributed by atoms with Gasteiger partial charge in [0.2, 0.25) is 5.92 Å². The number of nitrogens with two attached hydrogens (primary N) is 1. The van der Waals surface area contributed by atoms with Crippen LogP contribution in [0.1, 0.15) is 42.9 Å². The zero-order valence-electron chi connectivity index (χ0n) is 10.1. The first-order chi connectivity index (χ1) is 7.96. The van der Waals surface area contributed by atoms with Crippen LogP contribution in [0.5, 0.6) is 0 Å². The fourth-order valence-corrected chi connectivity index (χ4v) is 2.55. The van der Waals surface area contributed by atoms with Crippen LogP contribution in [0.4, 0.5) is 8.78 Å². The van der Waals surface area contributed by atoms with Crippen molar-refractivity contribution in [2.24, 2.45) is 11.7 Å². The molecule has 0 amide bonds. The van der Waals surface area contributed by atoms with Gasteiger partial charge in [0.15, 0.2) is 0 Å². The Kier molecular flexibility index (Phi) is 3.48. The van der Waals surface area contributed by atoms with Gasteiger partial charge >= 0.3 is 0 Å². The summed E-state index contributed by atoms with van der Waals surface area (Å²) < 4.78 is 26.1. The first-order valence-electron chi connectivity index (χ1n) is 6.16. The van der Waals surface area contributed by atoms with E-state index in [-0.39, 0.29) is 24.8 Å². The second-order valence-electron chi connectivity index (χ2n) is 5.22. The van der Waals surface area contributed by atoms with Crippen LogP contribution in [-0.4, -0.2) is 5.92 Å². The third kappa shape index (κ3) is 3.25. The van der Waals surface area contributed by atoms with Crippen LogP contribution in [-0.2, 0) is 0 Å². The van der Waals surface area contributed by atoms with Crippen LogP contribution in [0.2, 0.25) is 0 Å². The summed E-state index contributed by atoms with van der Waals surface area (Å²) in [5.41, 5.74) is 8.30. The molecule has 3 heteroatoms. The molecule has 0 saturated heterocycles. The Morgan fingerprint density at radius 3 is 2.53 bits per heavy atom. The Bertz CT molecular complexity index is 372. The summed E-state index contributed by atoms with van der Waals surface area (Å²) in [7, 11) is 0. The molecular formula is C14H19F2N. The molecule has 0 heterocycles. The number of rotatable bonds is 3. The van der Waals surface area contributed by atoms with Crippen LogP contribution in [0.15, 0.2) is 24.3 Å². The van der Waals surface area contributed by atoms with E-state index in [9.17, 15) is 8.78 Å². The van der Waals surface area contributed by atoms with Crippen molar-refractivity contribution in [2.75, 3.05) is 0 Å². The highest BCUT2D eigenvalue weighted by molar-refractivity contribution is 5.23. The van der Waals surface area contributed by atoms with Gasteiger partial charge in [-0.3, -0.25) is 0 Å². The van der Waals surface area contributed by atoms with E-state index < -0.39 is 5.92 Å². The highest BCUT2D eigenvalue weighted by atomic mass is 19.3. The first kappa shape index (κ1) is 12.5. The van der Waals surface area contributed by atoms with Crippen LogP contribution in [0.3, 0.4) is 0 Å². The van der Waals surface area contributed by atoms with E-state index in [4.69, 9.17) is 5.73 Å². The molecule has 2 atom stereocenters. The minimum absolute atomic E-state index is 0.00651. The van der Waals surface area contributed by atoms with Gasteiger partial charge in [-0.15, -0.1) is 0 Å². The molecule has 94 valence electrons. The maximum Gasteiger partial charge on any atom is 0.248 e. The molecule has 1 saturated carbocycles. The van der Waals surface area contributed by atoms with E-state index in [0.717, 1.165) is 5.56 Å². The largest absolute Gasteiger partial charge is 0.324 e. The smallest absolute Gasteiger partial charge is 0.248 e. The van der Waals surface area contributed by atoms with Gasteiger partial charge in [-0.05, 0) is 31.2 Å². The molecule has 0 aliphatic heterocycles. The summed E-state index contributed by atoms with van der Waals surface area (Å²) in [5, 5.41) is 0. The Morgan fingerprint density at radius 1 is 1.35 bits per heavy atom. The van der Waals surface area contributed by atoms with Gasteiger partial charge in [-0.1, -0.05) is 29.8 Å². The van der Waals surface area contributed by atoms with Gasteiger partial charge in [-0.2, -0.15) is 0 Å². The van der Waals surface area contributed by atoms with Gasteiger partial charge in [0.25, 0.3) is 0 Å². The highest BCUT2D eigenvalue weighted by Crippen LogP contribution is 2.42. The second-order valence-corrected chi connectivity index (χ2v) is 5.22. The quantitative estimate of drug-likeness (QED) is 0.852. The average Bonchev–Trinajstić information content (AvgIpc) is 2.59. The van der Waals surface area contributed by atoms with Gasteiger partial charge in [0, 0.05) is 18.9 Å². The summed E-state index contributed by atoms with van der Waals surface area (Å²) >= 11 is 0. The van der Waals surface area contributed by atoms with Crippen molar-refractivity contribution < 1.29 is 8.78 Å². The fraction of sp³-hybridized carbons (Fsp3) is 0.571. The monoisotopic (exact) mass is 239 g/mol. The Labute approximate surface area is 101 Å². The van der Waals surface area contributed by atoms with Crippen molar-refractivity contribution in [2.45, 2.75) is 44.6 Å². The fourth-order valence-electron chi connectivity index (χ4n) is 2.55. The van der Waals surface area contributed by atoms with Crippen molar-refractivity contribution in [3.63, 3.8) is 0 Å². The average molecular weight is 239 g/mol. The summed E-state index contributed by atoms with van der Waals surface area (Å²) in [6.07, 6.45) is 1.30. The zero-order valence-corrected chi connectivity index (χ0v) is 10.1. The molecule has 0 aromatic heterocycles. The molecule has 17 heavy (non-hydrogen) atoms. The van der Waals surface area contributed by atoms with Crippen LogP contribution < -0.4 is 5.73 Å². The molecule has 0 bridgehead atoms. The number of hydrogen-bond acceptors (Lipinski definition) is 1. The van der Waals surface area contributed by atoms with Crippen molar-refractivity contribution in [1.29, 1.82) is 0 Å². The van der Waals surface area contributed by atoms with Crippen molar-refractivity contribution >= 4 is 0 Å². The number of aryl methyl sites for hydroxylation is 1. The zero-order chi connectivity index (χ0) is 12.5. The molecule has 2 N–H and O–H groups in total. The molecule has 1 fully saturated rings. The number of halogens is 2. The second kappa shape index (κ2) is 4.73. The molecule has 2 rings (SSSR count). The summed E-state index contributed by atoms with van der Waals surface area (Å²) in [6, 6.07) is 7.89. The minimum atomic E-state index is -2.46. The van der Waals surface area contributed by atoms with Gasteiger partial charge < -0.3 is 5.73 Å². The predicted molar refractivity (Wildman–Crippen MR) is 65.0 cm³/mol. The first-order valence-corrected chi connectivity index (χ1v) is 6.16. The number of alkyl halides is 2. The molecule has 1 aliphatic carbocycles. The Hall–Kier alpha value is -0.960. The van der Waals surface area contributed by atoms with E-state index in [1.165, 1.54) is 5.56 Å². The maximum atomic E-state index is 13.1. The summed E-state index contributed by atoms with van der Waals surface area (Å²) in [5.74, 6) is -2.39. The number of benzene rings is 1. The van der Waals surface area contributed by atoms with E-state index in [1.807, 2.05) is 31.2 Å². The van der Waals surface area contributed by atoms with Crippen molar-refractivity contribution in [3.8, 4) is 0 Å². The van der Waals surface area contributed by atoms with Crippen LogP contribution in [0.25, 0.3) is 0 Å². The minimum Gasteiger partial charge on any atom is -0.324 e. The third-order valence-electron chi connectivity index (χ3n) is 3.60. The van der Waals surface area contributed by atoms with Gasteiger partial charge in [0.1, 0.15) is 0 Å². The molecule has 2 unspecified atom stereocenters. The van der Waals surface area contributed by atoms with E-state index in [0.29, 0.717) is 12.8 Å². The lowest BCUT2D eigenvalue weighted by molar-refractivity contribution is 0.00446. The summed E-state index contributed by atoms with van der Waals surface area (Å²) in [6.45, 7) is 2.02. The lowest BCUT2D eigenvalue weighted by Crippen LogP contribution is -2.16. The molecule has 1 aliphatic rings. The molecule has 1 aromatic carbocycles.